The molecule has 7 heteroatoms. The third kappa shape index (κ3) is 2.57. The second-order valence-corrected chi connectivity index (χ2v) is 4.93. The van der Waals surface area contributed by atoms with Crippen molar-refractivity contribution in [2.45, 2.75) is 51.9 Å². The zero-order valence-electron chi connectivity index (χ0n) is 11.9. The van der Waals surface area contributed by atoms with Crippen LogP contribution in [0.25, 0.3) is 0 Å². The molecule has 1 aliphatic carbocycles. The van der Waals surface area contributed by atoms with Crippen molar-refractivity contribution >= 4 is 17.8 Å². The molecule has 0 amide bonds. The average molecular weight is 285 g/mol. The molecule has 3 unspecified atom stereocenters. The van der Waals surface area contributed by atoms with Crippen molar-refractivity contribution in [3.05, 3.63) is 0 Å². The molecule has 0 saturated heterocycles. The van der Waals surface area contributed by atoms with Crippen LogP contribution >= 0.6 is 0 Å². The molecule has 2 aliphatic rings. The van der Waals surface area contributed by atoms with E-state index in [9.17, 15) is 9.59 Å². The Balaban J connectivity index is 1.93. The summed E-state index contributed by atoms with van der Waals surface area (Å²) >= 11 is 0. The lowest BCUT2D eigenvalue weighted by Crippen LogP contribution is -2.45. The largest absolute Gasteiger partial charge is 0.511 e. The lowest BCUT2D eigenvalue weighted by Gasteiger charge is -2.25. The van der Waals surface area contributed by atoms with Gasteiger partial charge >= 0.3 is 12.1 Å². The quantitative estimate of drug-likeness (QED) is 0.580. The topological polar surface area (TPSA) is 83.4 Å². The van der Waals surface area contributed by atoms with E-state index in [1.807, 2.05) is 6.92 Å². The molecule has 1 heterocycles. The fourth-order valence-corrected chi connectivity index (χ4v) is 2.69. The smallest absolute Gasteiger partial charge is 0.435 e. The number of ether oxygens (including phenoxy) is 3. The fourth-order valence-electron chi connectivity index (χ4n) is 2.69. The van der Waals surface area contributed by atoms with Gasteiger partial charge in [0.25, 0.3) is 0 Å². The molecule has 0 aromatic carbocycles. The molecular weight excluding hydrogens is 266 g/mol. The monoisotopic (exact) mass is 285 g/mol. The van der Waals surface area contributed by atoms with Gasteiger partial charge in [0.1, 0.15) is 0 Å². The van der Waals surface area contributed by atoms with E-state index in [-0.39, 0.29) is 12.5 Å². The number of rotatable bonds is 4. The van der Waals surface area contributed by atoms with E-state index in [4.69, 9.17) is 14.3 Å². The van der Waals surface area contributed by atoms with E-state index < -0.39 is 24.0 Å². The first-order valence-electron chi connectivity index (χ1n) is 6.76. The molecule has 0 aromatic rings. The minimum atomic E-state index is -1.05. The molecule has 112 valence electrons. The third-order valence-corrected chi connectivity index (χ3v) is 3.60. The highest BCUT2D eigenvalue weighted by atomic mass is 16.8. The van der Waals surface area contributed by atoms with Gasteiger partial charge in [0.15, 0.2) is 0 Å². The number of hydrogen-bond acceptors (Lipinski definition) is 7. The summed E-state index contributed by atoms with van der Waals surface area (Å²) in [5, 5.41) is 3.89. The number of fused-ring (bicyclic) bond motifs is 1. The predicted octanol–water partition coefficient (Wildman–Crippen LogP) is 1.99. The van der Waals surface area contributed by atoms with Crippen LogP contribution < -0.4 is 0 Å². The van der Waals surface area contributed by atoms with Crippen LogP contribution in [0.1, 0.15) is 40.0 Å². The van der Waals surface area contributed by atoms with Crippen LogP contribution in [0.15, 0.2) is 5.16 Å². The SMILES string of the molecule is CCOC(=O)OC(C)OC(=O)C12CCCC1C(C)=NO2. The summed E-state index contributed by atoms with van der Waals surface area (Å²) in [4.78, 5) is 28.8. The number of esters is 1. The average Bonchev–Trinajstić information content (AvgIpc) is 2.92. The van der Waals surface area contributed by atoms with E-state index in [0.29, 0.717) is 6.42 Å². The van der Waals surface area contributed by atoms with E-state index in [1.54, 1.807) is 6.92 Å². The van der Waals surface area contributed by atoms with Crippen LogP contribution in [-0.4, -0.2) is 36.3 Å². The first-order valence-corrected chi connectivity index (χ1v) is 6.76. The third-order valence-electron chi connectivity index (χ3n) is 3.60. The number of carbonyl (C=O) groups is 2. The maximum atomic E-state index is 12.3. The van der Waals surface area contributed by atoms with Crippen molar-refractivity contribution in [2.75, 3.05) is 6.61 Å². The summed E-state index contributed by atoms with van der Waals surface area (Å²) in [6.07, 6.45) is 0.385. The van der Waals surface area contributed by atoms with Crippen LogP contribution in [0.4, 0.5) is 4.79 Å². The van der Waals surface area contributed by atoms with Gasteiger partial charge in [0, 0.05) is 13.3 Å². The lowest BCUT2D eigenvalue weighted by atomic mass is 9.88. The van der Waals surface area contributed by atoms with Crippen LogP contribution in [0, 0.1) is 5.92 Å². The minimum Gasteiger partial charge on any atom is -0.435 e. The number of hydrogen-bond donors (Lipinski definition) is 0. The Kier molecular flexibility index (Phi) is 4.15. The van der Waals surface area contributed by atoms with Crippen LogP contribution in [0.2, 0.25) is 0 Å². The second-order valence-electron chi connectivity index (χ2n) is 4.93. The number of oxime groups is 1. The van der Waals surface area contributed by atoms with E-state index in [1.165, 1.54) is 6.92 Å². The molecule has 2 rings (SSSR count). The second kappa shape index (κ2) is 5.68. The Hall–Kier alpha value is -1.79. The van der Waals surface area contributed by atoms with Crippen molar-refractivity contribution in [1.29, 1.82) is 0 Å². The molecule has 0 N–H and O–H groups in total. The van der Waals surface area contributed by atoms with Gasteiger partial charge in [-0.1, -0.05) is 5.16 Å². The summed E-state index contributed by atoms with van der Waals surface area (Å²) in [5.41, 5.74) is -0.241. The number of nitrogens with zero attached hydrogens (tertiary/aromatic N) is 1. The summed E-state index contributed by atoms with van der Waals surface area (Å²) in [5.74, 6) is -0.595. The molecule has 1 fully saturated rings. The lowest BCUT2D eigenvalue weighted by molar-refractivity contribution is -0.194. The molecule has 0 bridgehead atoms. The molecular formula is C13H19NO6. The molecule has 20 heavy (non-hydrogen) atoms. The Bertz CT molecular complexity index is 435. The Labute approximate surface area is 117 Å². The van der Waals surface area contributed by atoms with Gasteiger partial charge in [-0.05, 0) is 26.7 Å². The minimum absolute atomic E-state index is 0.0511. The van der Waals surface area contributed by atoms with Gasteiger partial charge in [-0.3, -0.25) is 0 Å². The molecule has 0 radical (unpaired) electrons. The standard InChI is InChI=1S/C13H19NO6/c1-4-17-12(16)19-9(3)18-11(15)13-7-5-6-10(13)8(2)14-20-13/h9-10H,4-7H2,1-3H3. The number of carbonyl (C=O) groups excluding carboxylic acids is 2. The highest BCUT2D eigenvalue weighted by molar-refractivity contribution is 5.95. The Morgan fingerprint density at radius 1 is 1.50 bits per heavy atom. The van der Waals surface area contributed by atoms with Crippen molar-refractivity contribution in [3.63, 3.8) is 0 Å². The van der Waals surface area contributed by atoms with Gasteiger partial charge < -0.3 is 19.0 Å². The maximum absolute atomic E-state index is 12.3. The molecule has 0 spiro atoms. The van der Waals surface area contributed by atoms with Gasteiger partial charge in [0.2, 0.25) is 11.9 Å². The van der Waals surface area contributed by atoms with E-state index >= 15 is 0 Å². The summed E-state index contributed by atoms with van der Waals surface area (Å²) < 4.78 is 14.6. The van der Waals surface area contributed by atoms with Crippen LogP contribution in [0.3, 0.4) is 0 Å². The summed E-state index contributed by atoms with van der Waals surface area (Å²) in [6, 6.07) is 0. The van der Waals surface area contributed by atoms with Crippen molar-refractivity contribution in [3.8, 4) is 0 Å². The fraction of sp³-hybridized carbons (Fsp3) is 0.769. The first-order chi connectivity index (χ1) is 9.49. The molecule has 1 aliphatic heterocycles. The van der Waals surface area contributed by atoms with Gasteiger partial charge in [-0.15, -0.1) is 0 Å². The zero-order valence-corrected chi connectivity index (χ0v) is 11.9. The highest BCUT2D eigenvalue weighted by Crippen LogP contribution is 2.44. The Morgan fingerprint density at radius 2 is 2.25 bits per heavy atom. The van der Waals surface area contributed by atoms with Crippen molar-refractivity contribution < 1.29 is 28.6 Å². The van der Waals surface area contributed by atoms with Gasteiger partial charge in [0.05, 0.1) is 18.2 Å². The molecule has 3 atom stereocenters. The summed E-state index contributed by atoms with van der Waals surface area (Å²) in [6.45, 7) is 5.15. The highest BCUT2D eigenvalue weighted by Gasteiger charge is 2.58. The van der Waals surface area contributed by atoms with Crippen LogP contribution in [-0.2, 0) is 23.8 Å². The van der Waals surface area contributed by atoms with Gasteiger partial charge in [-0.25, -0.2) is 9.59 Å². The predicted molar refractivity (Wildman–Crippen MR) is 67.9 cm³/mol. The van der Waals surface area contributed by atoms with E-state index in [2.05, 4.69) is 9.89 Å². The van der Waals surface area contributed by atoms with E-state index in [0.717, 1.165) is 18.6 Å². The first kappa shape index (κ1) is 14.6. The summed E-state index contributed by atoms with van der Waals surface area (Å²) in [7, 11) is 0. The Morgan fingerprint density at radius 3 is 2.95 bits per heavy atom. The van der Waals surface area contributed by atoms with Crippen molar-refractivity contribution in [2.24, 2.45) is 11.1 Å². The zero-order chi connectivity index (χ0) is 14.8. The maximum Gasteiger partial charge on any atom is 0.511 e. The van der Waals surface area contributed by atoms with Gasteiger partial charge in [-0.2, -0.15) is 0 Å². The van der Waals surface area contributed by atoms with Crippen molar-refractivity contribution in [1.82, 2.24) is 0 Å². The molecule has 0 aromatic heterocycles. The normalized spacial score (nSPS) is 28.9. The molecule has 7 nitrogen and oxygen atoms in total. The van der Waals surface area contributed by atoms with Crippen LogP contribution in [0.5, 0.6) is 0 Å². The molecule has 1 saturated carbocycles.